The third kappa shape index (κ3) is 4.21. The third-order valence-electron chi connectivity index (χ3n) is 4.85. The largest absolute Gasteiger partial charge is 0.349 e. The first-order valence-corrected chi connectivity index (χ1v) is 9.39. The molecule has 1 N–H and O–H groups in total. The van der Waals surface area contributed by atoms with Crippen LogP contribution in [-0.2, 0) is 4.79 Å². The number of benzene rings is 1. The predicted molar refractivity (Wildman–Crippen MR) is 103 cm³/mol. The molecule has 0 atom stereocenters. The standard InChI is InChI=1S/C21H27N3O2/c1-14(2)12-20(25)24-10-8-16(9-11-24)23-21(26)18-13-15(3)22-19-7-5-4-6-17(18)19/h4-7,13-14,16H,8-12H2,1-3H3,(H,23,26). The Hall–Kier alpha value is -2.43. The number of nitrogens with one attached hydrogen (secondary N) is 1. The van der Waals surface area contributed by atoms with E-state index in [2.05, 4.69) is 24.1 Å². The molecule has 0 aliphatic carbocycles. The van der Waals surface area contributed by atoms with E-state index in [4.69, 9.17) is 0 Å². The number of piperidine rings is 1. The quantitative estimate of drug-likeness (QED) is 0.917. The van der Waals surface area contributed by atoms with Gasteiger partial charge in [-0.05, 0) is 37.8 Å². The van der Waals surface area contributed by atoms with E-state index in [1.165, 1.54) is 0 Å². The SMILES string of the molecule is Cc1cc(C(=O)NC2CCN(C(=O)CC(C)C)CC2)c2ccccc2n1. The Morgan fingerprint density at radius 3 is 2.62 bits per heavy atom. The molecule has 5 nitrogen and oxygen atoms in total. The molecule has 26 heavy (non-hydrogen) atoms. The summed E-state index contributed by atoms with van der Waals surface area (Å²) in [5, 5.41) is 4.03. The van der Waals surface area contributed by atoms with Crippen molar-refractivity contribution < 1.29 is 9.59 Å². The van der Waals surface area contributed by atoms with Gasteiger partial charge in [0.15, 0.2) is 0 Å². The number of carbonyl (C=O) groups excluding carboxylic acids is 2. The molecule has 1 saturated heterocycles. The molecule has 0 spiro atoms. The van der Waals surface area contributed by atoms with Crippen molar-refractivity contribution in [3.8, 4) is 0 Å². The van der Waals surface area contributed by atoms with E-state index in [9.17, 15) is 9.59 Å². The van der Waals surface area contributed by atoms with Crippen LogP contribution in [0, 0.1) is 12.8 Å². The average molecular weight is 353 g/mol. The van der Waals surface area contributed by atoms with Gasteiger partial charge in [0, 0.05) is 36.6 Å². The van der Waals surface area contributed by atoms with Crippen LogP contribution in [0.4, 0.5) is 0 Å². The first-order valence-electron chi connectivity index (χ1n) is 9.39. The van der Waals surface area contributed by atoms with Gasteiger partial charge in [0.25, 0.3) is 5.91 Å². The fraction of sp³-hybridized carbons (Fsp3) is 0.476. The maximum atomic E-state index is 12.8. The van der Waals surface area contributed by atoms with E-state index < -0.39 is 0 Å². The first kappa shape index (κ1) is 18.4. The number of rotatable bonds is 4. The summed E-state index contributed by atoms with van der Waals surface area (Å²) in [6.07, 6.45) is 2.20. The molecule has 3 rings (SSSR count). The highest BCUT2D eigenvalue weighted by molar-refractivity contribution is 6.06. The number of pyridine rings is 1. The number of hydrogen-bond donors (Lipinski definition) is 1. The van der Waals surface area contributed by atoms with Crippen molar-refractivity contribution in [2.45, 2.75) is 46.1 Å². The van der Waals surface area contributed by atoms with Gasteiger partial charge in [0.1, 0.15) is 0 Å². The molecule has 0 bridgehead atoms. The van der Waals surface area contributed by atoms with Gasteiger partial charge in [-0.25, -0.2) is 0 Å². The molecule has 1 aromatic heterocycles. The summed E-state index contributed by atoms with van der Waals surface area (Å²) in [6.45, 7) is 7.46. The Morgan fingerprint density at radius 2 is 1.92 bits per heavy atom. The molecular weight excluding hydrogens is 326 g/mol. The highest BCUT2D eigenvalue weighted by atomic mass is 16.2. The lowest BCUT2D eigenvalue weighted by Crippen LogP contribution is -2.46. The zero-order valence-corrected chi connectivity index (χ0v) is 15.8. The monoisotopic (exact) mass is 353 g/mol. The summed E-state index contributed by atoms with van der Waals surface area (Å²) in [5.41, 5.74) is 2.35. The van der Waals surface area contributed by atoms with E-state index in [0.717, 1.165) is 29.4 Å². The molecule has 5 heteroatoms. The Bertz CT molecular complexity index is 808. The van der Waals surface area contributed by atoms with Gasteiger partial charge in [-0.1, -0.05) is 32.0 Å². The van der Waals surface area contributed by atoms with Crippen molar-refractivity contribution in [2.75, 3.05) is 13.1 Å². The van der Waals surface area contributed by atoms with Crippen LogP contribution in [0.3, 0.4) is 0 Å². The maximum absolute atomic E-state index is 12.8. The molecular formula is C21H27N3O2. The number of aromatic nitrogens is 1. The third-order valence-corrected chi connectivity index (χ3v) is 4.85. The summed E-state index contributed by atoms with van der Waals surface area (Å²) in [7, 11) is 0. The second-order valence-corrected chi connectivity index (χ2v) is 7.55. The van der Waals surface area contributed by atoms with Gasteiger partial charge in [-0.2, -0.15) is 0 Å². The van der Waals surface area contributed by atoms with E-state index in [1.807, 2.05) is 42.2 Å². The van der Waals surface area contributed by atoms with Gasteiger partial charge >= 0.3 is 0 Å². The lowest BCUT2D eigenvalue weighted by Gasteiger charge is -2.33. The van der Waals surface area contributed by atoms with Crippen LogP contribution in [0.2, 0.25) is 0 Å². The highest BCUT2D eigenvalue weighted by Gasteiger charge is 2.25. The van der Waals surface area contributed by atoms with Gasteiger partial charge in [0.2, 0.25) is 5.91 Å². The minimum atomic E-state index is -0.0568. The molecule has 0 saturated carbocycles. The van der Waals surface area contributed by atoms with Crippen LogP contribution in [0.25, 0.3) is 10.9 Å². The summed E-state index contributed by atoms with van der Waals surface area (Å²) >= 11 is 0. The topological polar surface area (TPSA) is 62.3 Å². The van der Waals surface area contributed by atoms with Crippen LogP contribution < -0.4 is 5.32 Å². The molecule has 0 radical (unpaired) electrons. The molecule has 1 aliphatic heterocycles. The summed E-state index contributed by atoms with van der Waals surface area (Å²) in [6, 6.07) is 9.67. The van der Waals surface area contributed by atoms with Gasteiger partial charge in [-0.15, -0.1) is 0 Å². The van der Waals surface area contributed by atoms with E-state index >= 15 is 0 Å². The number of amides is 2. The summed E-state index contributed by atoms with van der Waals surface area (Å²) < 4.78 is 0. The zero-order valence-electron chi connectivity index (χ0n) is 15.8. The summed E-state index contributed by atoms with van der Waals surface area (Å²) in [4.78, 5) is 31.4. The molecule has 0 unspecified atom stereocenters. The molecule has 2 heterocycles. The Labute approximate surface area is 154 Å². The second kappa shape index (κ2) is 7.85. The second-order valence-electron chi connectivity index (χ2n) is 7.55. The van der Waals surface area contributed by atoms with Crippen molar-refractivity contribution in [3.05, 3.63) is 41.6 Å². The molecule has 2 amide bonds. The first-order chi connectivity index (χ1) is 12.4. The average Bonchev–Trinajstić information content (AvgIpc) is 2.61. The Morgan fingerprint density at radius 1 is 1.23 bits per heavy atom. The van der Waals surface area contributed by atoms with Crippen LogP contribution >= 0.6 is 0 Å². The molecule has 1 aromatic carbocycles. The lowest BCUT2D eigenvalue weighted by molar-refractivity contribution is -0.133. The minimum absolute atomic E-state index is 0.0568. The summed E-state index contributed by atoms with van der Waals surface area (Å²) in [5.74, 6) is 0.544. The van der Waals surface area contributed by atoms with Crippen LogP contribution in [0.15, 0.2) is 30.3 Å². The van der Waals surface area contributed by atoms with E-state index in [-0.39, 0.29) is 17.9 Å². The Balaban J connectivity index is 1.64. The fourth-order valence-electron chi connectivity index (χ4n) is 3.51. The van der Waals surface area contributed by atoms with Gasteiger partial charge in [-0.3, -0.25) is 14.6 Å². The zero-order chi connectivity index (χ0) is 18.7. The molecule has 2 aromatic rings. The minimum Gasteiger partial charge on any atom is -0.349 e. The number of likely N-dealkylation sites (tertiary alicyclic amines) is 1. The van der Waals surface area contributed by atoms with Crippen molar-refractivity contribution >= 4 is 22.7 Å². The van der Waals surface area contributed by atoms with Crippen LogP contribution in [-0.4, -0.2) is 40.8 Å². The molecule has 1 aliphatic rings. The predicted octanol–water partition coefficient (Wildman–Crippen LogP) is 3.31. The van der Waals surface area contributed by atoms with E-state index in [0.29, 0.717) is 31.0 Å². The van der Waals surface area contributed by atoms with Crippen molar-refractivity contribution in [3.63, 3.8) is 0 Å². The fourth-order valence-corrected chi connectivity index (χ4v) is 3.51. The lowest BCUT2D eigenvalue weighted by atomic mass is 10.0. The van der Waals surface area contributed by atoms with Crippen LogP contribution in [0.1, 0.15) is 49.2 Å². The van der Waals surface area contributed by atoms with Crippen LogP contribution in [0.5, 0.6) is 0 Å². The number of carbonyl (C=O) groups is 2. The number of aryl methyl sites for hydroxylation is 1. The van der Waals surface area contributed by atoms with Crippen molar-refractivity contribution in [1.82, 2.24) is 15.2 Å². The number of nitrogens with zero attached hydrogens (tertiary/aromatic N) is 2. The van der Waals surface area contributed by atoms with Crippen molar-refractivity contribution in [1.29, 1.82) is 0 Å². The highest BCUT2D eigenvalue weighted by Crippen LogP contribution is 2.19. The number of hydrogen-bond acceptors (Lipinski definition) is 3. The Kier molecular flexibility index (Phi) is 5.55. The number of para-hydroxylation sites is 1. The van der Waals surface area contributed by atoms with Crippen molar-refractivity contribution in [2.24, 2.45) is 5.92 Å². The number of fused-ring (bicyclic) bond motifs is 1. The molecule has 138 valence electrons. The van der Waals surface area contributed by atoms with Gasteiger partial charge < -0.3 is 10.2 Å². The smallest absolute Gasteiger partial charge is 0.252 e. The van der Waals surface area contributed by atoms with E-state index in [1.54, 1.807) is 0 Å². The van der Waals surface area contributed by atoms with Gasteiger partial charge in [0.05, 0.1) is 11.1 Å². The molecule has 1 fully saturated rings. The maximum Gasteiger partial charge on any atom is 0.252 e. The normalized spacial score (nSPS) is 15.5.